The first kappa shape index (κ1) is 16.4. The van der Waals surface area contributed by atoms with Gasteiger partial charge in [0, 0.05) is 13.5 Å². The van der Waals surface area contributed by atoms with Crippen LogP contribution in [0.2, 0.25) is 0 Å². The van der Waals surface area contributed by atoms with Crippen molar-refractivity contribution in [3.63, 3.8) is 0 Å². The molecule has 3 nitrogen and oxygen atoms in total. The summed E-state index contributed by atoms with van der Waals surface area (Å²) in [5.74, 6) is -0.653. The highest BCUT2D eigenvalue weighted by atomic mass is 19.1. The molecule has 0 aliphatic rings. The van der Waals surface area contributed by atoms with E-state index in [1.54, 1.807) is 19.1 Å². The second kappa shape index (κ2) is 6.66. The Balaban J connectivity index is 2.83. The maximum atomic E-state index is 14.2. The number of nitrogens with zero attached hydrogens (tertiary/aromatic N) is 1. The van der Waals surface area contributed by atoms with E-state index in [-0.39, 0.29) is 6.42 Å². The van der Waals surface area contributed by atoms with Crippen LogP contribution in [-0.2, 0) is 4.79 Å². The van der Waals surface area contributed by atoms with E-state index in [1.807, 2.05) is 18.2 Å². The highest BCUT2D eigenvalue weighted by molar-refractivity contribution is 5.85. The maximum absolute atomic E-state index is 14.2. The molecule has 0 spiro atoms. The normalized spacial score (nSPS) is 16.9. The van der Waals surface area contributed by atoms with Gasteiger partial charge in [-0.2, -0.15) is 0 Å². The molecule has 1 aromatic rings. The Morgan fingerprint density at radius 1 is 1.50 bits per heavy atom. The van der Waals surface area contributed by atoms with E-state index in [9.17, 15) is 14.3 Å². The van der Waals surface area contributed by atoms with Crippen molar-refractivity contribution in [2.75, 3.05) is 7.05 Å². The molecular formula is C16H22FNO2. The van der Waals surface area contributed by atoms with Gasteiger partial charge in [-0.25, -0.2) is 4.39 Å². The van der Waals surface area contributed by atoms with Crippen LogP contribution < -0.4 is 0 Å². The quantitative estimate of drug-likeness (QED) is 0.813. The number of aliphatic hydroxyl groups is 1. The van der Waals surface area contributed by atoms with Gasteiger partial charge in [-0.1, -0.05) is 36.4 Å². The van der Waals surface area contributed by atoms with Gasteiger partial charge in [-0.3, -0.25) is 4.79 Å². The van der Waals surface area contributed by atoms with Crippen molar-refractivity contribution in [3.05, 3.63) is 48.6 Å². The Morgan fingerprint density at radius 2 is 2.05 bits per heavy atom. The van der Waals surface area contributed by atoms with Gasteiger partial charge in [0.1, 0.15) is 0 Å². The zero-order chi connectivity index (χ0) is 15.3. The van der Waals surface area contributed by atoms with Crippen molar-refractivity contribution < 1.29 is 14.3 Å². The van der Waals surface area contributed by atoms with Crippen LogP contribution in [-0.4, -0.2) is 34.7 Å². The fourth-order valence-electron chi connectivity index (χ4n) is 2.05. The molecule has 0 saturated heterocycles. The minimum Gasteiger partial charge on any atom is -0.386 e. The van der Waals surface area contributed by atoms with E-state index >= 15 is 0 Å². The lowest BCUT2D eigenvalue weighted by Crippen LogP contribution is -2.47. The molecule has 4 heteroatoms. The van der Waals surface area contributed by atoms with Crippen LogP contribution in [0, 0.1) is 0 Å². The summed E-state index contributed by atoms with van der Waals surface area (Å²) >= 11 is 0. The molecule has 20 heavy (non-hydrogen) atoms. The Hall–Kier alpha value is -1.68. The van der Waals surface area contributed by atoms with Crippen LogP contribution in [0.4, 0.5) is 4.39 Å². The lowest BCUT2D eigenvalue weighted by Gasteiger charge is -2.33. The summed E-state index contributed by atoms with van der Waals surface area (Å²) in [5.41, 5.74) is -1.30. The minimum absolute atomic E-state index is 0.0513. The van der Waals surface area contributed by atoms with Crippen molar-refractivity contribution in [2.45, 2.75) is 38.1 Å². The molecule has 0 aromatic heterocycles. The smallest absolute Gasteiger partial charge is 0.260 e. The monoisotopic (exact) mass is 279 g/mol. The summed E-state index contributed by atoms with van der Waals surface area (Å²) < 4.78 is 14.2. The number of rotatable bonds is 6. The Kier molecular flexibility index (Phi) is 5.45. The molecule has 1 unspecified atom stereocenters. The summed E-state index contributed by atoms with van der Waals surface area (Å²) in [5, 5.41) is 10.3. The van der Waals surface area contributed by atoms with E-state index in [2.05, 4.69) is 6.58 Å². The highest BCUT2D eigenvalue weighted by Gasteiger charge is 2.37. The lowest BCUT2D eigenvalue weighted by molar-refractivity contribution is -0.145. The Labute approximate surface area is 119 Å². The fourth-order valence-corrected chi connectivity index (χ4v) is 2.05. The maximum Gasteiger partial charge on any atom is 0.260 e. The predicted molar refractivity (Wildman–Crippen MR) is 78.0 cm³/mol. The summed E-state index contributed by atoms with van der Waals surface area (Å²) in [6, 6.07) is 8.49. The number of carbonyl (C=O) groups is 1. The summed E-state index contributed by atoms with van der Waals surface area (Å²) in [6.07, 6.45) is 0.471. The Morgan fingerprint density at radius 3 is 2.55 bits per heavy atom. The number of amides is 1. The number of hydrogen-bond acceptors (Lipinski definition) is 2. The SMILES string of the molecule is C=CCC(C)(F)C(=O)N(C)[C@@H](C)[C@@H](O)c1ccccc1. The van der Waals surface area contributed by atoms with E-state index in [1.165, 1.54) is 24.9 Å². The van der Waals surface area contributed by atoms with Crippen molar-refractivity contribution in [1.82, 2.24) is 4.90 Å². The van der Waals surface area contributed by atoms with Crippen molar-refractivity contribution >= 4 is 5.91 Å². The van der Waals surface area contributed by atoms with Crippen LogP contribution in [0.3, 0.4) is 0 Å². The summed E-state index contributed by atoms with van der Waals surface area (Å²) in [4.78, 5) is 13.4. The van der Waals surface area contributed by atoms with Gasteiger partial charge in [0.05, 0.1) is 12.1 Å². The number of halogens is 1. The number of hydrogen-bond donors (Lipinski definition) is 1. The average Bonchev–Trinajstić information content (AvgIpc) is 2.45. The van der Waals surface area contributed by atoms with Crippen molar-refractivity contribution in [1.29, 1.82) is 0 Å². The number of aliphatic hydroxyl groups excluding tert-OH is 1. The van der Waals surface area contributed by atoms with Gasteiger partial charge < -0.3 is 10.0 Å². The molecule has 1 amide bonds. The van der Waals surface area contributed by atoms with Crippen LogP contribution in [0.1, 0.15) is 31.9 Å². The van der Waals surface area contributed by atoms with E-state index in [0.717, 1.165) is 0 Å². The second-order valence-corrected chi connectivity index (χ2v) is 5.20. The van der Waals surface area contributed by atoms with Gasteiger partial charge in [0.15, 0.2) is 5.67 Å². The van der Waals surface area contributed by atoms with E-state index < -0.39 is 23.7 Å². The molecule has 3 atom stereocenters. The number of carbonyl (C=O) groups excluding carboxylic acids is 1. The Bertz CT molecular complexity index is 459. The number of alkyl halides is 1. The molecule has 0 saturated carbocycles. The zero-order valence-electron chi connectivity index (χ0n) is 12.2. The van der Waals surface area contributed by atoms with Crippen molar-refractivity contribution in [3.8, 4) is 0 Å². The van der Waals surface area contributed by atoms with E-state index in [0.29, 0.717) is 5.56 Å². The van der Waals surface area contributed by atoms with Crippen LogP contribution in [0.15, 0.2) is 43.0 Å². The van der Waals surface area contributed by atoms with Crippen LogP contribution in [0.25, 0.3) is 0 Å². The molecule has 1 aromatic carbocycles. The van der Waals surface area contributed by atoms with Crippen LogP contribution >= 0.6 is 0 Å². The van der Waals surface area contributed by atoms with Gasteiger partial charge in [0.2, 0.25) is 0 Å². The van der Waals surface area contributed by atoms with Gasteiger partial charge in [-0.05, 0) is 19.4 Å². The standard InChI is InChI=1S/C16H22FNO2/c1-5-11-16(3,17)15(20)18(4)12(2)14(19)13-9-7-6-8-10-13/h5-10,12,14,19H,1,11H2,2-4H3/t12-,14+,16?/m0/s1. The molecule has 0 heterocycles. The topological polar surface area (TPSA) is 40.5 Å². The summed E-state index contributed by atoms with van der Waals surface area (Å²) in [7, 11) is 1.50. The molecule has 0 radical (unpaired) electrons. The van der Waals surface area contributed by atoms with E-state index in [4.69, 9.17) is 0 Å². The molecule has 110 valence electrons. The first-order chi connectivity index (χ1) is 9.31. The van der Waals surface area contributed by atoms with Gasteiger partial charge in [0.25, 0.3) is 5.91 Å². The minimum atomic E-state index is -2.00. The third-order valence-corrected chi connectivity index (χ3v) is 3.50. The number of benzene rings is 1. The van der Waals surface area contributed by atoms with Gasteiger partial charge >= 0.3 is 0 Å². The largest absolute Gasteiger partial charge is 0.386 e. The molecule has 1 N–H and O–H groups in total. The molecule has 0 aliphatic heterocycles. The lowest BCUT2D eigenvalue weighted by atomic mass is 9.98. The molecular weight excluding hydrogens is 257 g/mol. The highest BCUT2D eigenvalue weighted by Crippen LogP contribution is 2.25. The molecule has 1 rings (SSSR count). The number of likely N-dealkylation sites (N-methyl/N-ethyl adjacent to an activating group) is 1. The summed E-state index contributed by atoms with van der Waals surface area (Å²) in [6.45, 7) is 6.38. The molecule has 0 aliphatic carbocycles. The first-order valence-corrected chi connectivity index (χ1v) is 6.61. The third-order valence-electron chi connectivity index (χ3n) is 3.50. The number of allylic oxidation sites excluding steroid dienone is 1. The third kappa shape index (κ3) is 3.67. The molecule has 0 bridgehead atoms. The average molecular weight is 279 g/mol. The van der Waals surface area contributed by atoms with Crippen molar-refractivity contribution in [2.24, 2.45) is 0 Å². The first-order valence-electron chi connectivity index (χ1n) is 6.61. The van der Waals surface area contributed by atoms with Crippen LogP contribution in [0.5, 0.6) is 0 Å². The zero-order valence-corrected chi connectivity index (χ0v) is 12.2. The van der Waals surface area contributed by atoms with Gasteiger partial charge in [-0.15, -0.1) is 6.58 Å². The fraction of sp³-hybridized carbons (Fsp3) is 0.438. The molecule has 0 fully saturated rings. The predicted octanol–water partition coefficient (Wildman–Crippen LogP) is 2.87. The second-order valence-electron chi connectivity index (χ2n) is 5.20.